The van der Waals surface area contributed by atoms with E-state index >= 15 is 0 Å². The minimum Gasteiger partial charge on any atom is -0.392 e. The molecule has 0 aromatic heterocycles. The molecule has 0 unspecified atom stereocenters. The van der Waals surface area contributed by atoms with E-state index in [2.05, 4.69) is 57.3 Å². The van der Waals surface area contributed by atoms with Crippen molar-refractivity contribution in [2.45, 2.75) is 70.2 Å². The van der Waals surface area contributed by atoms with Crippen LogP contribution in [-0.4, -0.2) is 89.7 Å². The van der Waals surface area contributed by atoms with Crippen molar-refractivity contribution in [3.63, 3.8) is 0 Å². The molecule has 3 fully saturated rings. The Morgan fingerprint density at radius 2 is 1.72 bits per heavy atom. The number of hydrogen-bond acceptors (Lipinski definition) is 5. The summed E-state index contributed by atoms with van der Waals surface area (Å²) in [6, 6.07) is 10.9. The molecule has 0 radical (unpaired) electrons. The summed E-state index contributed by atoms with van der Waals surface area (Å²) in [7, 11) is 0. The highest BCUT2D eigenvalue weighted by atomic mass is 16.3. The lowest BCUT2D eigenvalue weighted by molar-refractivity contribution is -0.126. The number of likely N-dealkylation sites (tertiary alicyclic amines) is 3. The van der Waals surface area contributed by atoms with Gasteiger partial charge >= 0.3 is 0 Å². The number of aliphatic hydroxyl groups is 1. The fourth-order valence-corrected chi connectivity index (χ4v) is 5.86. The van der Waals surface area contributed by atoms with Crippen molar-refractivity contribution in [3.8, 4) is 0 Å². The van der Waals surface area contributed by atoms with Gasteiger partial charge in [-0.1, -0.05) is 37.3 Å². The van der Waals surface area contributed by atoms with E-state index in [1.54, 1.807) is 0 Å². The molecule has 4 rings (SSSR count). The van der Waals surface area contributed by atoms with Crippen molar-refractivity contribution in [3.05, 3.63) is 35.9 Å². The highest BCUT2D eigenvalue weighted by molar-refractivity contribution is 5.82. The van der Waals surface area contributed by atoms with E-state index < -0.39 is 0 Å². The van der Waals surface area contributed by atoms with E-state index in [-0.39, 0.29) is 18.1 Å². The van der Waals surface area contributed by atoms with E-state index in [0.717, 1.165) is 57.9 Å². The van der Waals surface area contributed by atoms with Gasteiger partial charge in [-0.25, -0.2) is 0 Å². The Balaban J connectivity index is 1.21. The topological polar surface area (TPSA) is 59.1 Å². The zero-order valence-corrected chi connectivity index (χ0v) is 19.8. The number of hydrogen-bond donors (Lipinski definition) is 2. The van der Waals surface area contributed by atoms with Crippen LogP contribution in [0.5, 0.6) is 0 Å². The lowest BCUT2D eigenvalue weighted by Gasteiger charge is -2.39. The molecule has 3 heterocycles. The number of β-amino-alcohol motifs (C(OH)–C–C–N with tert-alkyl or cyclic N) is 1. The van der Waals surface area contributed by atoms with Gasteiger partial charge in [0.25, 0.3) is 0 Å². The van der Waals surface area contributed by atoms with Gasteiger partial charge in [0.1, 0.15) is 0 Å². The second kappa shape index (κ2) is 11.6. The first kappa shape index (κ1) is 23.7. The first-order chi connectivity index (χ1) is 15.6. The predicted octanol–water partition coefficient (Wildman–Crippen LogP) is 2.32. The van der Waals surface area contributed by atoms with Gasteiger partial charge in [0.05, 0.1) is 12.1 Å². The van der Waals surface area contributed by atoms with Crippen LogP contribution in [0.2, 0.25) is 0 Å². The summed E-state index contributed by atoms with van der Waals surface area (Å²) in [5.74, 6) is 0.858. The highest BCUT2D eigenvalue weighted by Gasteiger charge is 2.40. The quantitative estimate of drug-likeness (QED) is 0.647. The molecule has 3 aliphatic rings. The van der Waals surface area contributed by atoms with Crippen LogP contribution in [0.1, 0.15) is 51.0 Å². The molecule has 1 aromatic rings. The molecule has 3 saturated heterocycles. The number of carbonyl (C=O) groups is 1. The largest absolute Gasteiger partial charge is 0.392 e. The molecule has 32 heavy (non-hydrogen) atoms. The molecule has 6 nitrogen and oxygen atoms in total. The Morgan fingerprint density at radius 3 is 2.41 bits per heavy atom. The zero-order valence-electron chi connectivity index (χ0n) is 19.8. The van der Waals surface area contributed by atoms with Gasteiger partial charge in [0.2, 0.25) is 5.91 Å². The number of carbonyl (C=O) groups excluding carboxylic acids is 1. The monoisotopic (exact) mass is 442 g/mol. The van der Waals surface area contributed by atoms with Gasteiger partial charge < -0.3 is 15.3 Å². The van der Waals surface area contributed by atoms with Crippen LogP contribution < -0.4 is 5.32 Å². The van der Waals surface area contributed by atoms with Gasteiger partial charge in [-0.2, -0.15) is 0 Å². The van der Waals surface area contributed by atoms with Crippen LogP contribution in [0.25, 0.3) is 0 Å². The Bertz CT molecular complexity index is 699. The number of aliphatic hydroxyl groups excluding tert-OH is 1. The van der Waals surface area contributed by atoms with Gasteiger partial charge in [-0.3, -0.25) is 14.6 Å². The Labute approximate surface area is 193 Å². The van der Waals surface area contributed by atoms with Crippen LogP contribution >= 0.6 is 0 Å². The maximum Gasteiger partial charge on any atom is 0.237 e. The van der Waals surface area contributed by atoms with Gasteiger partial charge in [0, 0.05) is 25.7 Å². The maximum atomic E-state index is 13.0. The fraction of sp³-hybridized carbons (Fsp3) is 0.731. The van der Waals surface area contributed by atoms with Crippen LogP contribution in [0.3, 0.4) is 0 Å². The van der Waals surface area contributed by atoms with E-state index in [1.165, 1.54) is 31.5 Å². The number of amides is 1. The third-order valence-corrected chi connectivity index (χ3v) is 7.90. The van der Waals surface area contributed by atoms with Crippen LogP contribution in [0, 0.1) is 5.92 Å². The summed E-state index contributed by atoms with van der Waals surface area (Å²) in [6.07, 6.45) is 5.91. The van der Waals surface area contributed by atoms with E-state index in [9.17, 15) is 9.90 Å². The average Bonchev–Trinajstić information content (AvgIpc) is 3.22. The molecular weight excluding hydrogens is 400 g/mol. The Kier molecular flexibility index (Phi) is 8.58. The Hall–Kier alpha value is -1.47. The number of piperidine rings is 2. The third kappa shape index (κ3) is 6.31. The van der Waals surface area contributed by atoms with Crippen molar-refractivity contribution in [1.29, 1.82) is 0 Å². The summed E-state index contributed by atoms with van der Waals surface area (Å²) in [4.78, 5) is 20.3. The predicted molar refractivity (Wildman–Crippen MR) is 128 cm³/mol. The van der Waals surface area contributed by atoms with Crippen molar-refractivity contribution < 1.29 is 9.90 Å². The molecule has 2 atom stereocenters. The molecule has 2 N–H and O–H groups in total. The Morgan fingerprint density at radius 1 is 1.03 bits per heavy atom. The van der Waals surface area contributed by atoms with E-state index in [0.29, 0.717) is 19.0 Å². The number of nitrogens with zero attached hydrogens (tertiary/aromatic N) is 3. The minimum absolute atomic E-state index is 0.124. The van der Waals surface area contributed by atoms with Crippen LogP contribution in [-0.2, 0) is 11.3 Å². The standard InChI is InChI=1S/C26H42N4O2/c1-2-28-14-9-21(10-15-28)8-13-27-26(32)25-18-24(31)20-30(25)23-11-16-29(17-12-23)19-22-6-4-3-5-7-22/h3-7,21,23-25,31H,2,8-20H2,1H3,(H,27,32)/t24-,25+/m1/s1. The maximum absolute atomic E-state index is 13.0. The molecule has 6 heteroatoms. The van der Waals surface area contributed by atoms with Crippen molar-refractivity contribution in [2.24, 2.45) is 5.92 Å². The molecule has 0 spiro atoms. The number of rotatable bonds is 8. The smallest absolute Gasteiger partial charge is 0.237 e. The average molecular weight is 443 g/mol. The first-order valence-electron chi connectivity index (χ1n) is 12.8. The molecule has 1 aromatic carbocycles. The molecule has 0 bridgehead atoms. The SMILES string of the molecule is CCN1CCC(CCNC(=O)[C@@H]2C[C@@H](O)CN2C2CCN(Cc3ccccc3)CC2)CC1. The molecule has 0 aliphatic carbocycles. The molecular formula is C26H42N4O2. The van der Waals surface area contributed by atoms with Gasteiger partial charge in [-0.15, -0.1) is 0 Å². The molecule has 178 valence electrons. The summed E-state index contributed by atoms with van der Waals surface area (Å²) in [6.45, 7) is 10.3. The second-order valence-corrected chi connectivity index (χ2v) is 10.1. The van der Waals surface area contributed by atoms with Crippen LogP contribution in [0.15, 0.2) is 30.3 Å². The van der Waals surface area contributed by atoms with Gasteiger partial charge in [0.15, 0.2) is 0 Å². The lowest BCUT2D eigenvalue weighted by atomic mass is 9.93. The first-order valence-corrected chi connectivity index (χ1v) is 12.8. The van der Waals surface area contributed by atoms with E-state index in [1.807, 2.05) is 0 Å². The fourth-order valence-electron chi connectivity index (χ4n) is 5.86. The third-order valence-electron chi connectivity index (χ3n) is 7.90. The second-order valence-electron chi connectivity index (χ2n) is 10.1. The number of benzene rings is 1. The van der Waals surface area contributed by atoms with Crippen molar-refractivity contribution >= 4 is 5.91 Å². The number of nitrogens with one attached hydrogen (secondary N) is 1. The highest BCUT2D eigenvalue weighted by Crippen LogP contribution is 2.27. The van der Waals surface area contributed by atoms with Crippen molar-refractivity contribution in [2.75, 3.05) is 45.8 Å². The minimum atomic E-state index is -0.383. The molecule has 0 saturated carbocycles. The van der Waals surface area contributed by atoms with E-state index in [4.69, 9.17) is 0 Å². The van der Waals surface area contributed by atoms with Crippen molar-refractivity contribution in [1.82, 2.24) is 20.0 Å². The summed E-state index contributed by atoms with van der Waals surface area (Å²) in [5, 5.41) is 13.5. The van der Waals surface area contributed by atoms with Crippen LogP contribution in [0.4, 0.5) is 0 Å². The van der Waals surface area contributed by atoms with Gasteiger partial charge in [-0.05, 0) is 82.7 Å². The summed E-state index contributed by atoms with van der Waals surface area (Å²) < 4.78 is 0. The molecule has 3 aliphatic heterocycles. The molecule has 1 amide bonds. The normalized spacial score (nSPS) is 27.1. The summed E-state index contributed by atoms with van der Waals surface area (Å²) >= 11 is 0. The summed E-state index contributed by atoms with van der Waals surface area (Å²) in [5.41, 5.74) is 1.36. The zero-order chi connectivity index (χ0) is 22.3. The lowest BCUT2D eigenvalue weighted by Crippen LogP contribution is -2.51.